The lowest BCUT2D eigenvalue weighted by Crippen LogP contribution is -2.53. The van der Waals surface area contributed by atoms with Crippen molar-refractivity contribution in [3.8, 4) is 0 Å². The van der Waals surface area contributed by atoms with Crippen LogP contribution in [0.15, 0.2) is 0 Å². The van der Waals surface area contributed by atoms with Crippen LogP contribution in [-0.4, -0.2) is 58.3 Å². The van der Waals surface area contributed by atoms with E-state index >= 15 is 0 Å². The fraction of sp³-hybridized carbons (Fsp3) is 0.833. The molecular formula is C18H35N3O5P+. The van der Waals surface area contributed by atoms with Crippen LogP contribution in [-0.2, 0) is 14.4 Å². The van der Waals surface area contributed by atoms with E-state index in [1.807, 2.05) is 0 Å². The van der Waals surface area contributed by atoms with Crippen molar-refractivity contribution >= 4 is 25.3 Å². The van der Waals surface area contributed by atoms with Crippen LogP contribution in [0.25, 0.3) is 0 Å². The van der Waals surface area contributed by atoms with E-state index in [2.05, 4.69) is 10.6 Å². The molecule has 6 N–H and O–H groups in total. The summed E-state index contributed by atoms with van der Waals surface area (Å²) in [5.41, 5.74) is 5.50. The van der Waals surface area contributed by atoms with Gasteiger partial charge in [0.05, 0.1) is 12.6 Å². The Morgan fingerprint density at radius 2 is 1.67 bits per heavy atom. The minimum atomic E-state index is -3.29. The van der Waals surface area contributed by atoms with Crippen molar-refractivity contribution in [3.05, 3.63) is 0 Å². The molecule has 0 heterocycles. The van der Waals surface area contributed by atoms with Gasteiger partial charge in [0.1, 0.15) is 12.2 Å². The summed E-state index contributed by atoms with van der Waals surface area (Å²) in [4.78, 5) is 56.6. The minimum absolute atomic E-state index is 0.184. The molecule has 1 fully saturated rings. The average molecular weight is 404 g/mol. The van der Waals surface area contributed by atoms with Gasteiger partial charge in [0.2, 0.25) is 11.8 Å². The summed E-state index contributed by atoms with van der Waals surface area (Å²) < 4.78 is 0. The van der Waals surface area contributed by atoms with Gasteiger partial charge < -0.3 is 16.4 Å². The lowest BCUT2D eigenvalue weighted by atomic mass is 9.91. The molecule has 2 amide bonds. The lowest BCUT2D eigenvalue weighted by molar-refractivity contribution is -0.131. The molecule has 1 aliphatic rings. The first-order valence-electron chi connectivity index (χ1n) is 9.69. The first kappa shape index (κ1) is 24.0. The predicted molar refractivity (Wildman–Crippen MR) is 106 cm³/mol. The van der Waals surface area contributed by atoms with Gasteiger partial charge in [-0.3, -0.25) is 14.4 Å². The maximum absolute atomic E-state index is 12.3. The van der Waals surface area contributed by atoms with Crippen molar-refractivity contribution in [3.63, 3.8) is 0 Å². The Balaban J connectivity index is 2.48. The van der Waals surface area contributed by atoms with Crippen LogP contribution >= 0.6 is 7.72 Å². The number of carbonyl (C=O) groups is 3. The van der Waals surface area contributed by atoms with Crippen molar-refractivity contribution in [2.24, 2.45) is 17.6 Å². The topological polar surface area (TPSA) is 142 Å². The largest absolute Gasteiger partial charge is 0.347 e. The maximum atomic E-state index is 12.3. The number of carbonyl (C=O) groups excluding carboxylic acids is 3. The van der Waals surface area contributed by atoms with Gasteiger partial charge in [-0.15, -0.1) is 0 Å². The summed E-state index contributed by atoms with van der Waals surface area (Å²) in [7, 11) is -3.29. The average Bonchev–Trinajstić information content (AvgIpc) is 2.56. The van der Waals surface area contributed by atoms with E-state index in [-0.39, 0.29) is 30.7 Å². The van der Waals surface area contributed by atoms with Gasteiger partial charge in [-0.25, -0.2) is 9.79 Å². The molecule has 1 aliphatic carbocycles. The zero-order valence-electron chi connectivity index (χ0n) is 16.6. The smallest absolute Gasteiger partial charge is 0.275 e. The molecular weight excluding hydrogens is 369 g/mol. The maximum Gasteiger partial charge on any atom is 0.275 e. The zero-order valence-corrected chi connectivity index (χ0v) is 17.5. The number of Topliss-reactive ketones (excluding diaryl/α,β-unsaturated/α-hetero) is 1. The molecule has 0 aromatic heterocycles. The minimum Gasteiger partial charge on any atom is -0.347 e. The van der Waals surface area contributed by atoms with Crippen LogP contribution in [0.4, 0.5) is 0 Å². The van der Waals surface area contributed by atoms with Crippen LogP contribution in [0.5, 0.6) is 0 Å². The summed E-state index contributed by atoms with van der Waals surface area (Å²) in [6.45, 7) is 4.78. The molecule has 0 aromatic carbocycles. The van der Waals surface area contributed by atoms with Crippen molar-refractivity contribution in [2.75, 3.05) is 18.9 Å². The van der Waals surface area contributed by atoms with Gasteiger partial charge >= 0.3 is 0 Å². The van der Waals surface area contributed by atoms with E-state index in [1.165, 1.54) is 13.3 Å². The first-order valence-corrected chi connectivity index (χ1v) is 11.8. The van der Waals surface area contributed by atoms with E-state index in [0.717, 1.165) is 25.7 Å². The highest BCUT2D eigenvalue weighted by atomic mass is 31.2. The van der Waals surface area contributed by atoms with Crippen molar-refractivity contribution < 1.29 is 24.2 Å². The van der Waals surface area contributed by atoms with E-state index in [4.69, 9.17) is 5.73 Å². The highest BCUT2D eigenvalue weighted by Gasteiger charge is 2.39. The molecule has 0 saturated heterocycles. The van der Waals surface area contributed by atoms with Gasteiger partial charge in [0.25, 0.3) is 7.72 Å². The number of hydrogen-bond acceptors (Lipinski definition) is 6. The van der Waals surface area contributed by atoms with Gasteiger partial charge in [-0.1, -0.05) is 33.1 Å². The molecule has 0 unspecified atom stereocenters. The van der Waals surface area contributed by atoms with E-state index < -0.39 is 37.4 Å². The molecule has 9 heteroatoms. The summed E-state index contributed by atoms with van der Waals surface area (Å²) in [6, 6.07) is -1.55. The SMILES string of the molecule is CC(C)[C@@H](NC(=O)[C@H](C)N)C(=O)NCC(=O)C[P+](O)(O)CC1CCCCC1. The third kappa shape index (κ3) is 9.10. The molecule has 0 aromatic rings. The highest BCUT2D eigenvalue weighted by Crippen LogP contribution is 2.52. The number of rotatable bonds is 10. The first-order chi connectivity index (χ1) is 12.5. The Bertz CT molecular complexity index is 519. The molecule has 0 bridgehead atoms. The second-order valence-electron chi connectivity index (χ2n) is 8.00. The Morgan fingerprint density at radius 3 is 2.19 bits per heavy atom. The molecule has 1 saturated carbocycles. The molecule has 0 radical (unpaired) electrons. The number of amides is 2. The monoisotopic (exact) mass is 404 g/mol. The van der Waals surface area contributed by atoms with Crippen molar-refractivity contribution in [1.82, 2.24) is 10.6 Å². The molecule has 0 aliphatic heterocycles. The summed E-state index contributed by atoms with van der Waals surface area (Å²) >= 11 is 0. The van der Waals surface area contributed by atoms with E-state index in [9.17, 15) is 24.2 Å². The summed E-state index contributed by atoms with van der Waals surface area (Å²) in [5.74, 6) is -1.27. The fourth-order valence-corrected chi connectivity index (χ4v) is 5.30. The normalized spacial score (nSPS) is 18.0. The molecule has 1 rings (SSSR count). The van der Waals surface area contributed by atoms with Gasteiger partial charge in [-0.2, -0.15) is 0 Å². The Morgan fingerprint density at radius 1 is 1.07 bits per heavy atom. The third-order valence-electron chi connectivity index (χ3n) is 4.83. The molecule has 156 valence electrons. The quantitative estimate of drug-likeness (QED) is 0.337. The van der Waals surface area contributed by atoms with Gasteiger partial charge in [-0.05, 0) is 31.6 Å². The predicted octanol–water partition coefficient (Wildman–Crippen LogP) is 0.572. The second-order valence-corrected chi connectivity index (χ2v) is 10.4. The highest BCUT2D eigenvalue weighted by molar-refractivity contribution is 7.65. The van der Waals surface area contributed by atoms with Crippen molar-refractivity contribution in [2.45, 2.75) is 65.0 Å². The van der Waals surface area contributed by atoms with Crippen molar-refractivity contribution in [1.29, 1.82) is 0 Å². The fourth-order valence-electron chi connectivity index (χ4n) is 3.30. The molecule has 0 spiro atoms. The standard InChI is InChI=1S/C18H34N3O5P/c1-12(2)16(21-17(23)13(3)19)18(24)20-9-15(22)11-27(25,26)10-14-7-5-4-6-8-14/h12-14,16,25-26H,4-11,19H2,1-3H3,(H-,20,21,23,24)/p+1/t13-,16+/m0/s1. The molecule has 27 heavy (non-hydrogen) atoms. The lowest BCUT2D eigenvalue weighted by Gasteiger charge is -2.24. The van der Waals surface area contributed by atoms with E-state index in [0.29, 0.717) is 0 Å². The summed E-state index contributed by atoms with van der Waals surface area (Å²) in [5, 5.41) is 5.05. The molecule has 2 atom stereocenters. The van der Waals surface area contributed by atoms with E-state index in [1.54, 1.807) is 13.8 Å². The van der Waals surface area contributed by atoms with Crippen LogP contribution in [0.1, 0.15) is 52.9 Å². The molecule has 8 nitrogen and oxygen atoms in total. The summed E-state index contributed by atoms with van der Waals surface area (Å²) in [6.07, 6.45) is 5.29. The third-order valence-corrected chi connectivity index (χ3v) is 6.79. The second kappa shape index (κ2) is 11.1. The van der Waals surface area contributed by atoms with Crippen LogP contribution < -0.4 is 16.4 Å². The Hall–Kier alpha value is -1.08. The van der Waals surface area contributed by atoms with Crippen LogP contribution in [0, 0.1) is 11.8 Å². The van der Waals surface area contributed by atoms with Crippen LogP contribution in [0.3, 0.4) is 0 Å². The number of nitrogens with one attached hydrogen (secondary N) is 2. The Labute approximate surface area is 162 Å². The van der Waals surface area contributed by atoms with Crippen LogP contribution in [0.2, 0.25) is 0 Å². The van der Waals surface area contributed by atoms with Gasteiger partial charge in [0.15, 0.2) is 11.9 Å². The number of hydrogen-bond donors (Lipinski definition) is 5. The number of ketones is 1. The number of nitrogens with two attached hydrogens (primary N) is 1. The Kier molecular flexibility index (Phi) is 9.81. The van der Waals surface area contributed by atoms with Gasteiger partial charge in [0, 0.05) is 0 Å². The zero-order chi connectivity index (χ0) is 20.6.